The van der Waals surface area contributed by atoms with Gasteiger partial charge in [0.05, 0.1) is 12.7 Å². The van der Waals surface area contributed by atoms with Crippen LogP contribution in [0.1, 0.15) is 10.4 Å². The molecule has 0 saturated carbocycles. The van der Waals surface area contributed by atoms with Gasteiger partial charge < -0.3 is 15.2 Å². The van der Waals surface area contributed by atoms with Crippen LogP contribution in [0, 0.1) is 0 Å². The minimum atomic E-state index is -1.21. The third-order valence-electron chi connectivity index (χ3n) is 1.93. The number of carbonyl (C=O) groups is 3. The summed E-state index contributed by atoms with van der Waals surface area (Å²) in [7, 11) is 1.25. The molecule has 0 aliphatic heterocycles. The first kappa shape index (κ1) is 13.4. The van der Waals surface area contributed by atoms with Crippen LogP contribution in [0.2, 0.25) is 0 Å². The zero-order chi connectivity index (χ0) is 13.5. The van der Waals surface area contributed by atoms with Gasteiger partial charge in [0.2, 0.25) is 5.91 Å². The van der Waals surface area contributed by atoms with Crippen molar-refractivity contribution in [3.63, 3.8) is 0 Å². The Kier molecular flexibility index (Phi) is 4.62. The van der Waals surface area contributed by atoms with Crippen LogP contribution in [0.15, 0.2) is 36.4 Å². The Morgan fingerprint density at radius 2 is 2.00 bits per heavy atom. The third-order valence-corrected chi connectivity index (χ3v) is 1.93. The highest BCUT2D eigenvalue weighted by Gasteiger charge is 2.06. The van der Waals surface area contributed by atoms with Gasteiger partial charge in [0.25, 0.3) is 0 Å². The fourth-order valence-corrected chi connectivity index (χ4v) is 1.17. The average Bonchev–Trinajstić information content (AvgIpc) is 2.35. The molecule has 18 heavy (non-hydrogen) atoms. The monoisotopic (exact) mass is 249 g/mol. The molecule has 6 heteroatoms. The second-order valence-electron chi connectivity index (χ2n) is 3.23. The second kappa shape index (κ2) is 6.19. The molecule has 94 valence electrons. The van der Waals surface area contributed by atoms with Gasteiger partial charge in [-0.05, 0) is 18.2 Å². The Labute approximate surface area is 103 Å². The number of anilines is 1. The van der Waals surface area contributed by atoms with Crippen LogP contribution in [-0.4, -0.2) is 30.1 Å². The molecule has 1 rings (SSSR count). The Hall–Kier alpha value is -2.63. The summed E-state index contributed by atoms with van der Waals surface area (Å²) in [5.74, 6) is -2.33. The van der Waals surface area contributed by atoms with Crippen molar-refractivity contribution in [2.75, 3.05) is 12.4 Å². The molecule has 0 radical (unpaired) electrons. The van der Waals surface area contributed by atoms with E-state index in [0.717, 1.165) is 12.2 Å². The summed E-state index contributed by atoms with van der Waals surface area (Å²) in [6, 6.07) is 6.11. The number of amides is 1. The summed E-state index contributed by atoms with van der Waals surface area (Å²) >= 11 is 0. The summed E-state index contributed by atoms with van der Waals surface area (Å²) in [4.78, 5) is 32.7. The number of aliphatic carboxylic acids is 1. The minimum absolute atomic E-state index is 0.289. The van der Waals surface area contributed by atoms with Gasteiger partial charge in [-0.1, -0.05) is 6.07 Å². The number of ether oxygens (including phenoxy) is 1. The Morgan fingerprint density at radius 3 is 2.61 bits per heavy atom. The van der Waals surface area contributed by atoms with Gasteiger partial charge in [0, 0.05) is 17.8 Å². The van der Waals surface area contributed by atoms with Crippen molar-refractivity contribution in [1.29, 1.82) is 0 Å². The predicted octanol–water partition coefficient (Wildman–Crippen LogP) is 1.05. The zero-order valence-corrected chi connectivity index (χ0v) is 9.54. The molecular weight excluding hydrogens is 238 g/mol. The van der Waals surface area contributed by atoms with Crippen molar-refractivity contribution in [2.45, 2.75) is 0 Å². The lowest BCUT2D eigenvalue weighted by atomic mass is 10.2. The highest BCUT2D eigenvalue weighted by Crippen LogP contribution is 2.11. The maximum atomic E-state index is 11.3. The number of esters is 1. The van der Waals surface area contributed by atoms with Crippen LogP contribution >= 0.6 is 0 Å². The van der Waals surface area contributed by atoms with Gasteiger partial charge in [-0.2, -0.15) is 0 Å². The van der Waals surface area contributed by atoms with Crippen LogP contribution in [0.3, 0.4) is 0 Å². The van der Waals surface area contributed by atoms with E-state index in [1.54, 1.807) is 12.1 Å². The number of carboxylic acid groups (broad SMARTS) is 1. The smallest absolute Gasteiger partial charge is 0.337 e. The summed E-state index contributed by atoms with van der Waals surface area (Å²) in [5, 5.41) is 10.8. The quantitative estimate of drug-likeness (QED) is 0.614. The van der Waals surface area contributed by atoms with E-state index in [9.17, 15) is 14.4 Å². The zero-order valence-electron chi connectivity index (χ0n) is 9.54. The van der Waals surface area contributed by atoms with Crippen molar-refractivity contribution in [3.8, 4) is 0 Å². The molecule has 0 unspecified atom stereocenters. The second-order valence-corrected chi connectivity index (χ2v) is 3.23. The lowest BCUT2D eigenvalue weighted by Gasteiger charge is -2.04. The topological polar surface area (TPSA) is 92.7 Å². The van der Waals surface area contributed by atoms with Crippen molar-refractivity contribution in [2.24, 2.45) is 0 Å². The summed E-state index contributed by atoms with van der Waals surface area (Å²) in [6.45, 7) is 0. The molecule has 0 aliphatic rings. The normalized spacial score (nSPS) is 10.1. The van der Waals surface area contributed by atoms with E-state index in [0.29, 0.717) is 5.69 Å². The van der Waals surface area contributed by atoms with Crippen LogP contribution in [0.5, 0.6) is 0 Å². The average molecular weight is 249 g/mol. The van der Waals surface area contributed by atoms with Gasteiger partial charge in [0.15, 0.2) is 0 Å². The molecule has 0 bridgehead atoms. The van der Waals surface area contributed by atoms with Crippen LogP contribution in [0.4, 0.5) is 5.69 Å². The van der Waals surface area contributed by atoms with Gasteiger partial charge in [-0.25, -0.2) is 9.59 Å². The molecule has 0 aliphatic carbocycles. The number of nitrogens with one attached hydrogen (secondary N) is 1. The molecule has 1 aromatic rings. The molecule has 0 aromatic heterocycles. The van der Waals surface area contributed by atoms with E-state index >= 15 is 0 Å². The summed E-state index contributed by atoms with van der Waals surface area (Å²) in [5.41, 5.74) is 0.662. The Bertz CT molecular complexity index is 507. The van der Waals surface area contributed by atoms with Crippen LogP contribution < -0.4 is 5.32 Å². The first-order valence-corrected chi connectivity index (χ1v) is 4.93. The lowest BCUT2D eigenvalue weighted by molar-refractivity contribution is -0.131. The number of hydrogen-bond acceptors (Lipinski definition) is 4. The molecule has 0 saturated heterocycles. The van der Waals surface area contributed by atoms with Crippen molar-refractivity contribution < 1.29 is 24.2 Å². The van der Waals surface area contributed by atoms with Crippen molar-refractivity contribution in [3.05, 3.63) is 42.0 Å². The SMILES string of the molecule is COC(=O)c1cccc(NC(=O)C=CC(=O)O)c1. The molecule has 1 aromatic carbocycles. The number of carboxylic acids is 1. The molecule has 2 N–H and O–H groups in total. The maximum absolute atomic E-state index is 11.3. The largest absolute Gasteiger partial charge is 0.478 e. The molecule has 1 amide bonds. The molecular formula is C12H11NO5. The molecule has 0 spiro atoms. The van der Waals surface area contributed by atoms with Gasteiger partial charge >= 0.3 is 11.9 Å². The highest BCUT2D eigenvalue weighted by atomic mass is 16.5. The van der Waals surface area contributed by atoms with E-state index in [1.165, 1.54) is 19.2 Å². The van der Waals surface area contributed by atoms with E-state index in [-0.39, 0.29) is 5.56 Å². The number of benzene rings is 1. The summed E-state index contributed by atoms with van der Waals surface area (Å²) < 4.78 is 4.53. The van der Waals surface area contributed by atoms with E-state index in [4.69, 9.17) is 5.11 Å². The number of rotatable bonds is 4. The van der Waals surface area contributed by atoms with Crippen LogP contribution in [-0.2, 0) is 14.3 Å². The molecule has 6 nitrogen and oxygen atoms in total. The maximum Gasteiger partial charge on any atom is 0.337 e. The van der Waals surface area contributed by atoms with E-state index < -0.39 is 17.8 Å². The number of carbonyl (C=O) groups excluding carboxylic acids is 2. The highest BCUT2D eigenvalue weighted by molar-refractivity contribution is 6.03. The van der Waals surface area contributed by atoms with Gasteiger partial charge in [-0.3, -0.25) is 4.79 Å². The number of hydrogen-bond donors (Lipinski definition) is 2. The van der Waals surface area contributed by atoms with Crippen LogP contribution in [0.25, 0.3) is 0 Å². The third kappa shape index (κ3) is 4.09. The minimum Gasteiger partial charge on any atom is -0.478 e. The van der Waals surface area contributed by atoms with Crippen molar-refractivity contribution in [1.82, 2.24) is 0 Å². The Balaban J connectivity index is 2.76. The number of methoxy groups -OCH3 is 1. The van der Waals surface area contributed by atoms with E-state index in [1.807, 2.05) is 0 Å². The van der Waals surface area contributed by atoms with Gasteiger partial charge in [-0.15, -0.1) is 0 Å². The van der Waals surface area contributed by atoms with E-state index in [2.05, 4.69) is 10.1 Å². The fraction of sp³-hybridized carbons (Fsp3) is 0.0833. The van der Waals surface area contributed by atoms with Crippen molar-refractivity contribution >= 4 is 23.5 Å². The van der Waals surface area contributed by atoms with Gasteiger partial charge in [0.1, 0.15) is 0 Å². The molecule has 0 fully saturated rings. The standard InChI is InChI=1S/C12H11NO5/c1-18-12(17)8-3-2-4-9(7-8)13-10(14)5-6-11(15)16/h2-7H,1H3,(H,13,14)(H,15,16). The lowest BCUT2D eigenvalue weighted by Crippen LogP contribution is -2.09. The Morgan fingerprint density at radius 1 is 1.28 bits per heavy atom. The predicted molar refractivity (Wildman–Crippen MR) is 63.2 cm³/mol. The molecule has 0 atom stereocenters. The molecule has 0 heterocycles. The first-order valence-electron chi connectivity index (χ1n) is 4.93. The first-order chi connectivity index (χ1) is 8.52. The fourth-order valence-electron chi connectivity index (χ4n) is 1.17. The summed E-state index contributed by atoms with van der Waals surface area (Å²) in [6.07, 6.45) is 1.60.